The fraction of sp³-hybridized carbons (Fsp3) is 0.379. The topological polar surface area (TPSA) is 99.2 Å². The van der Waals surface area contributed by atoms with Crippen molar-refractivity contribution < 1.29 is 8.42 Å². The summed E-state index contributed by atoms with van der Waals surface area (Å²) in [6.45, 7) is 3.06. The number of sulfonamides is 1. The van der Waals surface area contributed by atoms with Crippen molar-refractivity contribution in [2.75, 3.05) is 50.9 Å². The van der Waals surface area contributed by atoms with E-state index in [1.54, 1.807) is 12.1 Å². The molecule has 0 atom stereocenters. The first-order valence-corrected chi connectivity index (χ1v) is 14.8. The lowest BCUT2D eigenvalue weighted by Crippen LogP contribution is -2.25. The molecular formula is C29H38N6O2S. The number of nitrogens with one attached hydrogen (secondary N) is 3. The second kappa shape index (κ2) is 13.5. The van der Waals surface area contributed by atoms with Crippen molar-refractivity contribution in [1.29, 1.82) is 0 Å². The minimum absolute atomic E-state index is 0.335. The maximum Gasteiger partial charge on any atom is 0.241 e. The van der Waals surface area contributed by atoms with Crippen LogP contribution in [0.3, 0.4) is 0 Å². The minimum atomic E-state index is -3.54. The van der Waals surface area contributed by atoms with Crippen molar-refractivity contribution >= 4 is 43.5 Å². The third-order valence-corrected chi connectivity index (χ3v) is 7.91. The average Bonchev–Trinajstić information content (AvgIpc) is 2.92. The predicted octanol–water partition coefficient (Wildman–Crippen LogP) is 5.10. The Balaban J connectivity index is 1.20. The van der Waals surface area contributed by atoms with Gasteiger partial charge in [0.25, 0.3) is 0 Å². The average molecular weight is 535 g/mol. The summed E-state index contributed by atoms with van der Waals surface area (Å²) in [5.74, 6) is 1.48. The van der Waals surface area contributed by atoms with Crippen molar-refractivity contribution in [3.63, 3.8) is 0 Å². The molecule has 0 aliphatic carbocycles. The maximum atomic E-state index is 12.8. The van der Waals surface area contributed by atoms with Gasteiger partial charge in [0.05, 0.1) is 10.4 Å². The molecule has 0 unspecified atom stereocenters. The normalized spacial score (nSPS) is 11.9. The van der Waals surface area contributed by atoms with Gasteiger partial charge in [-0.1, -0.05) is 61.4 Å². The second-order valence-corrected chi connectivity index (χ2v) is 11.4. The number of fused-ring (bicyclic) bond motifs is 2. The first-order chi connectivity index (χ1) is 18.4. The van der Waals surface area contributed by atoms with Crippen molar-refractivity contribution in [3.8, 4) is 0 Å². The number of unbranched alkanes of at least 4 members (excludes halogenated alkanes) is 3. The van der Waals surface area contributed by atoms with Crippen LogP contribution >= 0.6 is 0 Å². The SMILES string of the molecule is CN(C)CCCNc1nc(NCCCCCCNS(=O)(=O)c2cccc3ccccc23)nc2ccccc12. The highest BCUT2D eigenvalue weighted by Gasteiger charge is 2.16. The highest BCUT2D eigenvalue weighted by Crippen LogP contribution is 2.23. The largest absolute Gasteiger partial charge is 0.369 e. The van der Waals surface area contributed by atoms with E-state index in [0.717, 1.165) is 79.2 Å². The molecule has 0 aliphatic heterocycles. The number of anilines is 2. The molecule has 0 amide bonds. The Morgan fingerprint density at radius 2 is 1.39 bits per heavy atom. The Morgan fingerprint density at radius 1 is 0.711 bits per heavy atom. The predicted molar refractivity (Wildman–Crippen MR) is 157 cm³/mol. The monoisotopic (exact) mass is 534 g/mol. The van der Waals surface area contributed by atoms with E-state index in [9.17, 15) is 8.42 Å². The quantitative estimate of drug-likeness (QED) is 0.183. The van der Waals surface area contributed by atoms with Gasteiger partial charge in [-0.25, -0.2) is 18.1 Å². The van der Waals surface area contributed by atoms with Crippen molar-refractivity contribution in [1.82, 2.24) is 19.6 Å². The van der Waals surface area contributed by atoms with Gasteiger partial charge < -0.3 is 15.5 Å². The van der Waals surface area contributed by atoms with Gasteiger partial charge in [0.1, 0.15) is 5.82 Å². The zero-order valence-electron chi connectivity index (χ0n) is 22.3. The zero-order chi connectivity index (χ0) is 26.8. The standard InChI is InChI=1S/C29H38N6O2S/c1-35(2)22-12-20-30-28-25-16-7-8-17-26(25)33-29(34-28)31-19-9-3-4-10-21-32-38(36,37)27-18-11-14-23-13-5-6-15-24(23)27/h5-8,11,13-18,32H,3-4,9-10,12,19-22H2,1-2H3,(H2,30,31,33,34). The van der Waals surface area contributed by atoms with Crippen molar-refractivity contribution in [2.24, 2.45) is 0 Å². The summed E-state index contributed by atoms with van der Waals surface area (Å²) in [6.07, 6.45) is 4.71. The molecule has 8 nitrogen and oxygen atoms in total. The van der Waals surface area contributed by atoms with Gasteiger partial charge in [0, 0.05) is 30.4 Å². The van der Waals surface area contributed by atoms with Gasteiger partial charge in [-0.2, -0.15) is 4.98 Å². The van der Waals surface area contributed by atoms with E-state index in [4.69, 9.17) is 4.98 Å². The van der Waals surface area contributed by atoms with Gasteiger partial charge in [-0.15, -0.1) is 0 Å². The molecule has 1 aromatic heterocycles. The third kappa shape index (κ3) is 7.63. The Kier molecular flexibility index (Phi) is 9.86. The Morgan fingerprint density at radius 3 is 2.21 bits per heavy atom. The molecule has 38 heavy (non-hydrogen) atoms. The van der Waals surface area contributed by atoms with E-state index < -0.39 is 10.0 Å². The minimum Gasteiger partial charge on any atom is -0.369 e. The van der Waals surface area contributed by atoms with Gasteiger partial charge in [0.15, 0.2) is 0 Å². The van der Waals surface area contributed by atoms with Crippen LogP contribution in [0.2, 0.25) is 0 Å². The molecule has 0 bridgehead atoms. The van der Waals surface area contributed by atoms with Crippen LogP contribution in [0.25, 0.3) is 21.7 Å². The van der Waals surface area contributed by atoms with Crippen LogP contribution in [0.15, 0.2) is 71.6 Å². The zero-order valence-corrected chi connectivity index (χ0v) is 23.1. The molecule has 3 aromatic carbocycles. The fourth-order valence-corrected chi connectivity index (χ4v) is 5.71. The van der Waals surface area contributed by atoms with E-state index in [-0.39, 0.29) is 0 Å². The maximum absolute atomic E-state index is 12.8. The summed E-state index contributed by atoms with van der Waals surface area (Å²) >= 11 is 0. The molecule has 0 spiro atoms. The van der Waals surface area contributed by atoms with E-state index in [0.29, 0.717) is 17.4 Å². The van der Waals surface area contributed by atoms with E-state index in [1.165, 1.54) is 0 Å². The number of para-hydroxylation sites is 1. The van der Waals surface area contributed by atoms with Crippen LogP contribution in [0.5, 0.6) is 0 Å². The molecule has 0 radical (unpaired) electrons. The first kappa shape index (κ1) is 27.8. The fourth-order valence-electron chi connectivity index (χ4n) is 4.41. The second-order valence-electron chi connectivity index (χ2n) is 9.71. The molecule has 202 valence electrons. The lowest BCUT2D eigenvalue weighted by Gasteiger charge is -2.13. The number of rotatable bonds is 15. The molecular weight excluding hydrogens is 496 g/mol. The lowest BCUT2D eigenvalue weighted by atomic mass is 10.1. The van der Waals surface area contributed by atoms with Crippen LogP contribution in [-0.4, -0.2) is 63.6 Å². The van der Waals surface area contributed by atoms with Gasteiger partial charge in [0.2, 0.25) is 16.0 Å². The summed E-state index contributed by atoms with van der Waals surface area (Å²) in [5, 5.41) is 9.52. The van der Waals surface area contributed by atoms with E-state index in [1.807, 2.05) is 54.6 Å². The third-order valence-electron chi connectivity index (χ3n) is 6.40. The smallest absolute Gasteiger partial charge is 0.241 e. The van der Waals surface area contributed by atoms with Gasteiger partial charge in [-0.3, -0.25) is 0 Å². The van der Waals surface area contributed by atoms with Crippen LogP contribution in [0.4, 0.5) is 11.8 Å². The Labute approximate surface area is 225 Å². The molecule has 0 saturated carbocycles. The van der Waals surface area contributed by atoms with Gasteiger partial charge >= 0.3 is 0 Å². The first-order valence-electron chi connectivity index (χ1n) is 13.3. The highest BCUT2D eigenvalue weighted by molar-refractivity contribution is 7.89. The van der Waals surface area contributed by atoms with E-state index in [2.05, 4.69) is 39.3 Å². The number of benzene rings is 3. The molecule has 0 aliphatic rings. The number of hydrogen-bond acceptors (Lipinski definition) is 7. The highest BCUT2D eigenvalue weighted by atomic mass is 32.2. The molecule has 4 rings (SSSR count). The summed E-state index contributed by atoms with van der Waals surface area (Å²) in [7, 11) is 0.610. The van der Waals surface area contributed by atoms with Gasteiger partial charge in [-0.05, 0) is 63.5 Å². The molecule has 0 fully saturated rings. The Hall–Kier alpha value is -3.27. The number of aromatic nitrogens is 2. The van der Waals surface area contributed by atoms with Crippen LogP contribution in [0.1, 0.15) is 32.1 Å². The summed E-state index contributed by atoms with van der Waals surface area (Å²) in [4.78, 5) is 11.9. The van der Waals surface area contributed by atoms with Crippen LogP contribution in [-0.2, 0) is 10.0 Å². The molecule has 3 N–H and O–H groups in total. The Bertz CT molecular complexity index is 1440. The van der Waals surface area contributed by atoms with Crippen molar-refractivity contribution in [3.05, 3.63) is 66.7 Å². The molecule has 0 saturated heterocycles. The summed E-state index contributed by atoms with van der Waals surface area (Å²) in [6, 6.07) is 21.0. The molecule has 4 aromatic rings. The number of nitrogens with zero attached hydrogens (tertiary/aromatic N) is 3. The summed E-state index contributed by atoms with van der Waals surface area (Å²) < 4.78 is 28.4. The molecule has 9 heteroatoms. The molecule has 1 heterocycles. The number of hydrogen-bond donors (Lipinski definition) is 3. The van der Waals surface area contributed by atoms with E-state index >= 15 is 0 Å². The van der Waals surface area contributed by atoms with Crippen molar-refractivity contribution in [2.45, 2.75) is 37.0 Å². The lowest BCUT2D eigenvalue weighted by molar-refractivity contribution is 0.405. The van der Waals surface area contributed by atoms with Crippen LogP contribution < -0.4 is 15.4 Å². The summed E-state index contributed by atoms with van der Waals surface area (Å²) in [5.41, 5.74) is 0.915. The van der Waals surface area contributed by atoms with Crippen LogP contribution in [0, 0.1) is 0 Å².